The second-order valence-corrected chi connectivity index (χ2v) is 33.3. The van der Waals surface area contributed by atoms with Crippen molar-refractivity contribution in [1.29, 1.82) is 0 Å². The number of ketones is 2. The monoisotopic (exact) mass is 1600 g/mol. The number of Topliss-reactive ketones (excluding diaryl/α,β-unsaturated/α-hetero) is 2. The predicted molar refractivity (Wildman–Crippen MR) is 412 cm³/mol. The van der Waals surface area contributed by atoms with Gasteiger partial charge in [0, 0.05) is 44.6 Å². The van der Waals surface area contributed by atoms with E-state index in [1.807, 2.05) is 27.8 Å². The van der Waals surface area contributed by atoms with Crippen LogP contribution in [-0.4, -0.2) is 227 Å². The number of alkyl carbamates (subject to hydrolysis) is 1. The van der Waals surface area contributed by atoms with Gasteiger partial charge in [-0.2, -0.15) is 0 Å². The number of aliphatic hydroxyl groups is 3. The maximum Gasteiger partial charge on any atom is 0.408 e. The van der Waals surface area contributed by atoms with Gasteiger partial charge in [-0.05, 0) is 147 Å². The Kier molecular flexibility index (Phi) is 31.8. The van der Waals surface area contributed by atoms with Crippen LogP contribution in [0.3, 0.4) is 0 Å². The molecule has 2 saturated carbocycles. The lowest BCUT2D eigenvalue weighted by atomic mass is 9.44. The third-order valence-corrected chi connectivity index (χ3v) is 22.7. The van der Waals surface area contributed by atoms with Crippen molar-refractivity contribution in [3.63, 3.8) is 0 Å². The van der Waals surface area contributed by atoms with Gasteiger partial charge in [0.1, 0.15) is 65.8 Å². The smallest absolute Gasteiger partial charge is 0.408 e. The molecule has 7 unspecified atom stereocenters. The highest BCUT2D eigenvalue weighted by atomic mass is 16.6. The summed E-state index contributed by atoms with van der Waals surface area (Å²) in [6.45, 7) is 22.9. The summed E-state index contributed by atoms with van der Waals surface area (Å²) in [4.78, 5) is 197. The number of likely N-dealkylation sites (tertiary alicyclic amines) is 1. The molecule has 2 aromatic carbocycles. The average Bonchev–Trinajstić information content (AvgIpc) is 0.712. The number of amides is 8. The summed E-state index contributed by atoms with van der Waals surface area (Å²) in [5.41, 5.74) is -9.45. The number of nitrogens with zero attached hydrogens (tertiary/aromatic N) is 1. The average molecular weight is 1600 g/mol. The van der Waals surface area contributed by atoms with Crippen LogP contribution >= 0.6 is 0 Å². The first-order chi connectivity index (χ1) is 53.5. The Balaban J connectivity index is 1.06. The summed E-state index contributed by atoms with van der Waals surface area (Å²) in [5, 5.41) is 60.4. The molecule has 4 fully saturated rings. The summed E-state index contributed by atoms with van der Waals surface area (Å²) in [7, 11) is 1.81. The van der Waals surface area contributed by atoms with Gasteiger partial charge >= 0.3 is 30.0 Å². The molecule has 2 aliphatic heterocycles. The number of hydrogen-bond acceptors (Lipinski definition) is 24. The molecule has 0 aromatic heterocycles. The summed E-state index contributed by atoms with van der Waals surface area (Å²) < 4.78 is 36.6. The highest BCUT2D eigenvalue weighted by molar-refractivity contribution is 5.98. The maximum absolute atomic E-state index is 15.5. The first kappa shape index (κ1) is 91.9. The van der Waals surface area contributed by atoms with Gasteiger partial charge < -0.3 is 91.2 Å². The molecule has 11 N–H and O–H groups in total. The molecule has 32 nitrogen and oxygen atoms in total. The molecular formula is C82H119N9O23. The lowest BCUT2D eigenvalue weighted by Crippen LogP contribution is -2.81. The summed E-state index contributed by atoms with van der Waals surface area (Å²) in [5.74, 6) is -13.1. The SMILES string of the molecule is CCC(C)C(NC(=O)C(CC(C)C)NC(=O)CNC(=O)C(NC(=O)C1CCCN1C(=O)CCCC(=O)O[C@@H](C(=O)O[C@H]1C[C@@]2(O)[C@@H](OC(=O)c3ccccc3)[C@@H]3[C@]4(OC(C)=O)CO[C@@H]4C[C@H](O)[C@@]3(C)C(=O)C(O)C(=C1C)C2(C)C)[C@@H](NC(=O)OC(C)(C)C)c1ccccc1)C(C)C)C(=O)NCC(=O)NC(CCCCNC)C(C)=O. The first-order valence-corrected chi connectivity index (χ1v) is 39.5. The molecule has 32 heteroatoms. The topological polar surface area (TPSA) is 455 Å². The van der Waals surface area contributed by atoms with Gasteiger partial charge in [0.2, 0.25) is 47.5 Å². The Morgan fingerprint density at radius 3 is 1.92 bits per heavy atom. The zero-order valence-corrected chi connectivity index (χ0v) is 68.5. The number of ether oxygens (including phenoxy) is 6. The van der Waals surface area contributed by atoms with Crippen molar-refractivity contribution in [3.05, 3.63) is 82.9 Å². The standard InChI is InChI=1S/C82H119N9O23/c1-17-46(6)64(74(104)85-41-58(95)86-52(48(8)92)32-24-25-36-83-16)89-71(101)53(38-44(2)3)87-59(96)42-84-73(103)63(45(4)5)88-72(102)54-33-27-37-91(54)60(97)34-26-35-61(98)111-67(65(50-28-20-18-21-29-50)90-77(107)114-78(10,11)12)76(106)110-55-40-82(108)70(112-75(105)51-30-22-19-23-31-51)68-80(15,69(100)66(99)62(47(55)7)79(82,13)14)56(94)39-57-81(68,43-109-57)113-49(9)93/h18-23,28-31,44-46,52-57,63-68,70,83,94,99,108H,17,24-27,32-43H2,1-16H3,(H,84,103)(H,85,104)(H,86,95)(H,87,96)(H,88,102)(H,89,101)(H,90,107)/t46?,52?,53?,54?,55-,56-,57+,63?,64?,65-,66?,67+,68-,70-,80+,81-,82+/m0/s1. The van der Waals surface area contributed by atoms with E-state index in [-0.39, 0.29) is 72.6 Å². The van der Waals surface area contributed by atoms with E-state index in [2.05, 4.69) is 42.5 Å². The predicted octanol–water partition coefficient (Wildman–Crippen LogP) is 3.87. The van der Waals surface area contributed by atoms with Gasteiger partial charge in [0.25, 0.3) is 0 Å². The fourth-order valence-electron chi connectivity index (χ4n) is 16.2. The van der Waals surface area contributed by atoms with E-state index in [0.717, 1.165) is 19.9 Å². The number of carbonyl (C=O) groups excluding carboxylic acids is 14. The number of fused-ring (bicyclic) bond motifs is 5. The molecule has 7 rings (SSSR count). The number of rotatable bonds is 36. The van der Waals surface area contributed by atoms with Crippen LogP contribution in [0.15, 0.2) is 71.8 Å². The molecule has 2 heterocycles. The lowest BCUT2D eigenvalue weighted by Gasteiger charge is -2.67. The van der Waals surface area contributed by atoms with Crippen LogP contribution in [0.1, 0.15) is 203 Å². The normalized spacial score (nSPS) is 25.4. The van der Waals surface area contributed by atoms with Crippen LogP contribution in [0, 0.1) is 34.5 Å². The maximum atomic E-state index is 15.5. The Morgan fingerprint density at radius 1 is 0.746 bits per heavy atom. The van der Waals surface area contributed by atoms with Crippen LogP contribution in [0.5, 0.6) is 0 Å². The van der Waals surface area contributed by atoms with Crippen LogP contribution < -0.4 is 42.5 Å². The third kappa shape index (κ3) is 21.8. The number of hydrogen-bond donors (Lipinski definition) is 11. The number of esters is 4. The minimum atomic E-state index is -2.55. The van der Waals surface area contributed by atoms with Crippen LogP contribution in [0.2, 0.25) is 0 Å². The van der Waals surface area contributed by atoms with Crippen molar-refractivity contribution in [2.75, 3.05) is 39.8 Å². The fraction of sp³-hybridized carbons (Fsp3) is 0.659. The molecule has 3 aliphatic carbocycles. The largest absolute Gasteiger partial charge is 0.455 e. The fourth-order valence-corrected chi connectivity index (χ4v) is 16.2. The summed E-state index contributed by atoms with van der Waals surface area (Å²) in [6, 6.07) is 8.51. The van der Waals surface area contributed by atoms with Crippen LogP contribution in [-0.2, 0) is 86.0 Å². The molecule has 0 spiro atoms. The molecule has 114 heavy (non-hydrogen) atoms. The molecule has 2 saturated heterocycles. The minimum Gasteiger partial charge on any atom is -0.455 e. The zero-order valence-electron chi connectivity index (χ0n) is 68.5. The van der Waals surface area contributed by atoms with Gasteiger partial charge in [-0.15, -0.1) is 0 Å². The summed E-state index contributed by atoms with van der Waals surface area (Å²) in [6.07, 6.45) is -10.9. The number of aliphatic hydroxyl groups excluding tert-OH is 2. The number of nitrogens with one attached hydrogen (secondary N) is 8. The van der Waals surface area contributed by atoms with Crippen molar-refractivity contribution in [1.82, 2.24) is 47.4 Å². The molecule has 0 radical (unpaired) electrons. The van der Waals surface area contributed by atoms with E-state index in [1.54, 1.807) is 77.9 Å². The lowest BCUT2D eigenvalue weighted by molar-refractivity contribution is -0.346. The Bertz CT molecular complexity index is 3870. The van der Waals surface area contributed by atoms with E-state index in [9.17, 15) is 72.9 Å². The quantitative estimate of drug-likeness (QED) is 0.0200. The Morgan fingerprint density at radius 2 is 1.36 bits per heavy atom. The van der Waals surface area contributed by atoms with Gasteiger partial charge in [-0.1, -0.05) is 110 Å². The molecule has 5 aliphatic rings. The molecule has 8 amide bonds. The highest BCUT2D eigenvalue weighted by Gasteiger charge is 2.78. The van der Waals surface area contributed by atoms with Crippen molar-refractivity contribution in [3.8, 4) is 0 Å². The zero-order chi connectivity index (χ0) is 84.7. The molecule has 2 bridgehead atoms. The van der Waals surface area contributed by atoms with Crippen LogP contribution in [0.4, 0.5) is 4.79 Å². The molecule has 17 atom stereocenters. The second kappa shape index (κ2) is 39.4. The van der Waals surface area contributed by atoms with Gasteiger partial charge in [0.05, 0.1) is 48.7 Å². The third-order valence-electron chi connectivity index (χ3n) is 22.7. The second-order valence-electron chi connectivity index (χ2n) is 33.3. The van der Waals surface area contributed by atoms with Crippen molar-refractivity contribution in [2.45, 2.75) is 271 Å². The van der Waals surface area contributed by atoms with Gasteiger partial charge in [-0.25, -0.2) is 14.4 Å². The van der Waals surface area contributed by atoms with Gasteiger partial charge in [0.15, 0.2) is 17.2 Å². The van der Waals surface area contributed by atoms with E-state index in [1.165, 1.54) is 63.8 Å². The number of benzene rings is 2. The number of unbranched alkanes of at least 4 members (excludes halogenated alkanes) is 1. The Labute approximate surface area is 666 Å². The van der Waals surface area contributed by atoms with Crippen molar-refractivity contribution < 1.29 is 111 Å². The van der Waals surface area contributed by atoms with Gasteiger partial charge in [-0.3, -0.25) is 52.7 Å². The van der Waals surface area contributed by atoms with E-state index >= 15 is 9.59 Å². The summed E-state index contributed by atoms with van der Waals surface area (Å²) >= 11 is 0. The molecule has 2 aromatic rings. The molecular weight excluding hydrogens is 1480 g/mol. The van der Waals surface area contributed by atoms with Crippen molar-refractivity contribution in [2.24, 2.45) is 34.5 Å². The van der Waals surface area contributed by atoms with Crippen LogP contribution in [0.25, 0.3) is 0 Å². The van der Waals surface area contributed by atoms with E-state index < -0.39 is 228 Å². The molecule has 630 valence electrons. The highest BCUT2D eigenvalue weighted by Crippen LogP contribution is 2.64. The Hall–Kier alpha value is -9.24. The first-order valence-electron chi connectivity index (χ1n) is 39.5. The van der Waals surface area contributed by atoms with E-state index in [0.29, 0.717) is 25.7 Å². The van der Waals surface area contributed by atoms with Crippen molar-refractivity contribution >= 4 is 82.9 Å². The minimum absolute atomic E-state index is 0.00253. The number of carbonyl (C=O) groups is 14. The van der Waals surface area contributed by atoms with E-state index in [4.69, 9.17) is 28.4 Å².